The molecule has 2 aromatic carbocycles. The Hall–Kier alpha value is -3.02. The molecule has 0 aliphatic carbocycles. The Bertz CT molecular complexity index is 864. The van der Waals surface area contributed by atoms with E-state index in [9.17, 15) is 14.0 Å². The van der Waals surface area contributed by atoms with Crippen molar-refractivity contribution < 1.29 is 14.0 Å². The van der Waals surface area contributed by atoms with Crippen LogP contribution in [-0.4, -0.2) is 35.5 Å². The van der Waals surface area contributed by atoms with Crippen LogP contribution in [0.15, 0.2) is 59.6 Å². The van der Waals surface area contributed by atoms with E-state index < -0.39 is 5.92 Å². The molecular weight excluding hydrogens is 333 g/mol. The minimum absolute atomic E-state index is 0.162. The summed E-state index contributed by atoms with van der Waals surface area (Å²) < 4.78 is 13.2. The van der Waals surface area contributed by atoms with Gasteiger partial charge in [0.25, 0.3) is 0 Å². The lowest BCUT2D eigenvalue weighted by atomic mass is 9.86. The summed E-state index contributed by atoms with van der Waals surface area (Å²) in [6, 6.07) is 15.0. The summed E-state index contributed by atoms with van der Waals surface area (Å²) in [6.07, 6.45) is 0.206. The molecular formula is C20H18FN3O2. The Morgan fingerprint density at radius 1 is 1.12 bits per heavy atom. The van der Waals surface area contributed by atoms with Crippen molar-refractivity contribution in [2.24, 2.45) is 10.9 Å². The van der Waals surface area contributed by atoms with Crippen LogP contribution in [0.25, 0.3) is 0 Å². The fraction of sp³-hybridized carbons (Fsp3) is 0.250. The lowest BCUT2D eigenvalue weighted by molar-refractivity contribution is -0.130. The van der Waals surface area contributed by atoms with E-state index in [1.807, 2.05) is 23.1 Å². The predicted octanol–water partition coefficient (Wildman–Crippen LogP) is 2.81. The molecule has 0 radical (unpaired) electrons. The van der Waals surface area contributed by atoms with Crippen molar-refractivity contribution in [1.82, 2.24) is 4.90 Å². The van der Waals surface area contributed by atoms with Crippen molar-refractivity contribution in [2.45, 2.75) is 12.5 Å². The zero-order valence-electron chi connectivity index (χ0n) is 14.1. The molecule has 2 aromatic rings. The number of nitrogens with one attached hydrogen (secondary N) is 1. The van der Waals surface area contributed by atoms with Crippen LogP contribution in [0.2, 0.25) is 0 Å². The van der Waals surface area contributed by atoms with Crippen LogP contribution in [0.5, 0.6) is 0 Å². The molecule has 26 heavy (non-hydrogen) atoms. The number of benzene rings is 2. The third-order valence-electron chi connectivity index (χ3n) is 4.82. The van der Waals surface area contributed by atoms with Crippen molar-refractivity contribution in [3.05, 3.63) is 66.0 Å². The number of amidine groups is 1. The molecule has 1 N–H and O–H groups in total. The van der Waals surface area contributed by atoms with Crippen LogP contribution in [0.3, 0.4) is 0 Å². The number of para-hydroxylation sites is 1. The number of hydrogen-bond acceptors (Lipinski definition) is 4. The van der Waals surface area contributed by atoms with Gasteiger partial charge in [-0.2, -0.15) is 0 Å². The maximum Gasteiger partial charge on any atom is 0.242 e. The number of halogens is 1. The molecule has 0 spiro atoms. The third-order valence-corrected chi connectivity index (χ3v) is 4.82. The maximum absolute atomic E-state index is 13.2. The molecule has 0 aromatic heterocycles. The summed E-state index contributed by atoms with van der Waals surface area (Å²) in [5.41, 5.74) is 1.51. The van der Waals surface area contributed by atoms with Crippen LogP contribution in [-0.2, 0) is 9.59 Å². The molecule has 2 aliphatic rings. The van der Waals surface area contributed by atoms with Gasteiger partial charge in [-0.05, 0) is 29.8 Å². The minimum atomic E-state index is -0.894. The minimum Gasteiger partial charge on any atom is -0.350 e. The molecule has 5 nitrogen and oxygen atoms in total. The molecule has 2 atom stereocenters. The number of ketones is 1. The van der Waals surface area contributed by atoms with Crippen LogP contribution < -0.4 is 5.32 Å². The first-order valence-electron chi connectivity index (χ1n) is 8.58. The van der Waals surface area contributed by atoms with Crippen molar-refractivity contribution in [1.29, 1.82) is 0 Å². The molecule has 132 valence electrons. The number of anilines is 1. The Kier molecular flexibility index (Phi) is 4.24. The maximum atomic E-state index is 13.2. The van der Waals surface area contributed by atoms with E-state index >= 15 is 0 Å². The van der Waals surface area contributed by atoms with Gasteiger partial charge >= 0.3 is 0 Å². The van der Waals surface area contributed by atoms with Gasteiger partial charge in [-0.3, -0.25) is 14.6 Å². The summed E-state index contributed by atoms with van der Waals surface area (Å²) in [4.78, 5) is 31.9. The predicted molar refractivity (Wildman–Crippen MR) is 96.3 cm³/mol. The molecule has 2 aliphatic heterocycles. The summed E-state index contributed by atoms with van der Waals surface area (Å²) in [5, 5.41) is 2.80. The smallest absolute Gasteiger partial charge is 0.242 e. The standard InChI is InChI=1S/C20H18FN3O2/c21-14-8-6-13(7-9-14)16-12-17(25)18(19-22-10-11-24(16)19)20(26)23-15-4-2-1-3-5-15/h1-9,16,18H,10-12H2,(H,23,26). The number of nitrogens with zero attached hydrogens (tertiary/aromatic N) is 2. The summed E-state index contributed by atoms with van der Waals surface area (Å²) in [5.74, 6) is -1.21. The first-order chi connectivity index (χ1) is 12.6. The Morgan fingerprint density at radius 3 is 2.58 bits per heavy atom. The second-order valence-corrected chi connectivity index (χ2v) is 6.46. The van der Waals surface area contributed by atoms with Gasteiger partial charge in [0.15, 0.2) is 11.7 Å². The van der Waals surface area contributed by atoms with Crippen molar-refractivity contribution in [2.75, 3.05) is 18.4 Å². The molecule has 6 heteroatoms. The second-order valence-electron chi connectivity index (χ2n) is 6.46. The van der Waals surface area contributed by atoms with Crippen LogP contribution in [0.4, 0.5) is 10.1 Å². The lowest BCUT2D eigenvalue weighted by Crippen LogP contribution is -2.50. The highest BCUT2D eigenvalue weighted by molar-refractivity contribution is 6.24. The van der Waals surface area contributed by atoms with Crippen LogP contribution >= 0.6 is 0 Å². The number of carbonyl (C=O) groups excluding carboxylic acids is 2. The zero-order chi connectivity index (χ0) is 18.1. The summed E-state index contributed by atoms with van der Waals surface area (Å²) in [6.45, 7) is 1.20. The molecule has 1 fully saturated rings. The molecule has 2 heterocycles. The Balaban J connectivity index is 1.59. The van der Waals surface area contributed by atoms with E-state index in [-0.39, 0.29) is 30.0 Å². The third kappa shape index (κ3) is 2.98. The number of Topliss-reactive ketones (excluding diaryl/α,β-unsaturated/α-hetero) is 1. The molecule has 2 unspecified atom stereocenters. The van der Waals surface area contributed by atoms with Gasteiger partial charge in [0.2, 0.25) is 5.91 Å². The molecule has 4 rings (SSSR count). The van der Waals surface area contributed by atoms with Gasteiger partial charge < -0.3 is 10.2 Å². The number of rotatable bonds is 3. The fourth-order valence-electron chi connectivity index (χ4n) is 3.59. The fourth-order valence-corrected chi connectivity index (χ4v) is 3.59. The number of fused-ring (bicyclic) bond motifs is 1. The van der Waals surface area contributed by atoms with E-state index in [1.165, 1.54) is 12.1 Å². The van der Waals surface area contributed by atoms with E-state index in [4.69, 9.17) is 0 Å². The monoisotopic (exact) mass is 351 g/mol. The SMILES string of the molecule is O=C1CC(c2ccc(F)cc2)N2CCN=C2C1C(=O)Nc1ccccc1. The largest absolute Gasteiger partial charge is 0.350 e. The van der Waals surface area contributed by atoms with Gasteiger partial charge in [0.1, 0.15) is 11.7 Å². The molecule has 1 saturated heterocycles. The average Bonchev–Trinajstić information content (AvgIpc) is 3.11. The van der Waals surface area contributed by atoms with Gasteiger partial charge in [-0.1, -0.05) is 30.3 Å². The number of aliphatic imine (C=N–C) groups is 1. The van der Waals surface area contributed by atoms with E-state index in [2.05, 4.69) is 10.3 Å². The highest BCUT2D eigenvalue weighted by Gasteiger charge is 2.45. The van der Waals surface area contributed by atoms with E-state index in [1.54, 1.807) is 24.3 Å². The van der Waals surface area contributed by atoms with Gasteiger partial charge in [-0.25, -0.2) is 4.39 Å². The highest BCUT2D eigenvalue weighted by atomic mass is 19.1. The quantitative estimate of drug-likeness (QED) is 0.865. The number of piperidine rings is 1. The first kappa shape index (κ1) is 16.4. The van der Waals surface area contributed by atoms with E-state index in [0.29, 0.717) is 24.6 Å². The van der Waals surface area contributed by atoms with Gasteiger partial charge in [-0.15, -0.1) is 0 Å². The first-order valence-corrected chi connectivity index (χ1v) is 8.58. The topological polar surface area (TPSA) is 61.8 Å². The normalized spacial score (nSPS) is 22.0. The summed E-state index contributed by atoms with van der Waals surface area (Å²) >= 11 is 0. The molecule has 0 bridgehead atoms. The van der Waals surface area contributed by atoms with Crippen molar-refractivity contribution in [3.8, 4) is 0 Å². The second kappa shape index (κ2) is 6.71. The molecule has 1 amide bonds. The average molecular weight is 351 g/mol. The van der Waals surface area contributed by atoms with Crippen molar-refractivity contribution >= 4 is 23.2 Å². The lowest BCUT2D eigenvalue weighted by Gasteiger charge is -2.38. The molecule has 0 saturated carbocycles. The van der Waals surface area contributed by atoms with Crippen molar-refractivity contribution in [3.63, 3.8) is 0 Å². The highest BCUT2D eigenvalue weighted by Crippen LogP contribution is 2.35. The summed E-state index contributed by atoms with van der Waals surface area (Å²) in [7, 11) is 0. The zero-order valence-corrected chi connectivity index (χ0v) is 14.1. The Morgan fingerprint density at radius 2 is 1.85 bits per heavy atom. The van der Waals surface area contributed by atoms with Crippen LogP contribution in [0.1, 0.15) is 18.0 Å². The Labute approximate surface area is 150 Å². The van der Waals surface area contributed by atoms with Gasteiger partial charge in [0.05, 0.1) is 12.6 Å². The van der Waals surface area contributed by atoms with E-state index in [0.717, 1.165) is 5.56 Å². The van der Waals surface area contributed by atoms with Crippen LogP contribution in [0, 0.1) is 11.7 Å². The number of carbonyl (C=O) groups is 2. The van der Waals surface area contributed by atoms with Gasteiger partial charge in [0, 0.05) is 18.7 Å². The number of amides is 1. The number of hydrogen-bond donors (Lipinski definition) is 1.